The van der Waals surface area contributed by atoms with Gasteiger partial charge in [-0.1, -0.05) is 0 Å². The van der Waals surface area contributed by atoms with Gasteiger partial charge in [-0.25, -0.2) is 4.79 Å². The van der Waals surface area contributed by atoms with Crippen LogP contribution < -0.4 is 5.32 Å². The number of ether oxygens (including phenoxy) is 3. The van der Waals surface area contributed by atoms with Crippen LogP contribution in [0.4, 0.5) is 0 Å². The number of nitrogens with one attached hydrogen (secondary N) is 1. The summed E-state index contributed by atoms with van der Waals surface area (Å²) in [6.45, 7) is 2.64. The molecule has 2 unspecified atom stereocenters. The molecule has 0 radical (unpaired) electrons. The molecule has 5 heteroatoms. The molecule has 2 aliphatic rings. The van der Waals surface area contributed by atoms with Crippen LogP contribution in [0.5, 0.6) is 0 Å². The minimum Gasteiger partial charge on any atom is -0.468 e. The van der Waals surface area contributed by atoms with Crippen molar-refractivity contribution >= 4 is 5.97 Å². The van der Waals surface area contributed by atoms with Crippen LogP contribution in [0.1, 0.15) is 25.7 Å². The van der Waals surface area contributed by atoms with Crippen molar-refractivity contribution in [3.8, 4) is 0 Å². The largest absolute Gasteiger partial charge is 0.468 e. The second-order valence-electron chi connectivity index (χ2n) is 4.75. The van der Waals surface area contributed by atoms with E-state index in [1.165, 1.54) is 7.11 Å². The Balaban J connectivity index is 1.92. The molecule has 0 amide bonds. The summed E-state index contributed by atoms with van der Waals surface area (Å²) < 4.78 is 15.9. The lowest BCUT2D eigenvalue weighted by Gasteiger charge is -2.35. The molecule has 2 heterocycles. The molecule has 2 rings (SSSR count). The average Bonchev–Trinajstić information content (AvgIpc) is 2.89. The first-order chi connectivity index (χ1) is 8.27. The van der Waals surface area contributed by atoms with Crippen LogP contribution in [0.25, 0.3) is 0 Å². The van der Waals surface area contributed by atoms with Crippen molar-refractivity contribution in [3.63, 3.8) is 0 Å². The van der Waals surface area contributed by atoms with Crippen molar-refractivity contribution in [3.05, 3.63) is 0 Å². The van der Waals surface area contributed by atoms with Crippen LogP contribution in [0, 0.1) is 0 Å². The molecule has 2 fully saturated rings. The summed E-state index contributed by atoms with van der Waals surface area (Å²) >= 11 is 0. The summed E-state index contributed by atoms with van der Waals surface area (Å²) in [5.74, 6) is -0.227. The number of rotatable bonds is 4. The molecule has 5 nitrogen and oxygen atoms in total. The maximum absolute atomic E-state index is 11.9. The van der Waals surface area contributed by atoms with Crippen LogP contribution in [0.2, 0.25) is 0 Å². The van der Waals surface area contributed by atoms with E-state index in [2.05, 4.69) is 5.32 Å². The normalized spacial score (nSPS) is 33.6. The van der Waals surface area contributed by atoms with Gasteiger partial charge in [0, 0.05) is 19.8 Å². The Labute approximate surface area is 102 Å². The van der Waals surface area contributed by atoms with Crippen molar-refractivity contribution in [2.24, 2.45) is 0 Å². The van der Waals surface area contributed by atoms with Gasteiger partial charge in [-0.15, -0.1) is 0 Å². The van der Waals surface area contributed by atoms with Gasteiger partial charge in [0.05, 0.1) is 19.8 Å². The Kier molecular flexibility index (Phi) is 4.36. The Morgan fingerprint density at radius 3 is 2.94 bits per heavy atom. The van der Waals surface area contributed by atoms with Gasteiger partial charge in [-0.2, -0.15) is 0 Å². The summed E-state index contributed by atoms with van der Waals surface area (Å²) in [6.07, 6.45) is 4.04. The maximum Gasteiger partial charge on any atom is 0.328 e. The third kappa shape index (κ3) is 2.97. The van der Waals surface area contributed by atoms with Gasteiger partial charge in [0.15, 0.2) is 0 Å². The molecule has 0 bridgehead atoms. The molecule has 17 heavy (non-hydrogen) atoms. The SMILES string of the molecule is COC(=O)C1(NCC2CCCO2)CCCOC1. The number of esters is 1. The molecule has 0 aromatic heterocycles. The van der Waals surface area contributed by atoms with Crippen molar-refractivity contribution < 1.29 is 19.0 Å². The zero-order valence-corrected chi connectivity index (χ0v) is 10.4. The van der Waals surface area contributed by atoms with E-state index < -0.39 is 5.54 Å². The average molecular weight is 243 g/mol. The molecule has 0 aromatic rings. The Morgan fingerprint density at radius 2 is 2.35 bits per heavy atom. The first-order valence-corrected chi connectivity index (χ1v) is 6.30. The van der Waals surface area contributed by atoms with Crippen LogP contribution in [0.15, 0.2) is 0 Å². The molecule has 0 spiro atoms. The van der Waals surface area contributed by atoms with Gasteiger partial charge < -0.3 is 14.2 Å². The molecule has 2 aliphatic heterocycles. The van der Waals surface area contributed by atoms with Crippen LogP contribution in [-0.4, -0.2) is 51.1 Å². The highest BCUT2D eigenvalue weighted by Gasteiger charge is 2.41. The predicted octanol–water partition coefficient (Wildman–Crippen LogP) is 0.477. The highest BCUT2D eigenvalue weighted by atomic mass is 16.5. The number of carbonyl (C=O) groups is 1. The summed E-state index contributed by atoms with van der Waals surface area (Å²) in [5.41, 5.74) is -0.668. The van der Waals surface area contributed by atoms with Crippen LogP contribution >= 0.6 is 0 Å². The Bertz CT molecular complexity index is 257. The van der Waals surface area contributed by atoms with E-state index in [0.717, 1.165) is 38.9 Å². The Morgan fingerprint density at radius 1 is 1.47 bits per heavy atom. The highest BCUT2D eigenvalue weighted by Crippen LogP contribution is 2.22. The molecular weight excluding hydrogens is 222 g/mol. The molecule has 0 saturated carbocycles. The first kappa shape index (κ1) is 12.8. The van der Waals surface area contributed by atoms with E-state index in [-0.39, 0.29) is 12.1 Å². The lowest BCUT2D eigenvalue weighted by Crippen LogP contribution is -2.59. The lowest BCUT2D eigenvalue weighted by atomic mass is 9.92. The fourth-order valence-electron chi connectivity index (χ4n) is 2.48. The van der Waals surface area contributed by atoms with Gasteiger partial charge >= 0.3 is 5.97 Å². The van der Waals surface area contributed by atoms with E-state index in [0.29, 0.717) is 13.2 Å². The first-order valence-electron chi connectivity index (χ1n) is 6.30. The number of methoxy groups -OCH3 is 1. The minimum atomic E-state index is -0.668. The van der Waals surface area contributed by atoms with E-state index in [1.807, 2.05) is 0 Å². The topological polar surface area (TPSA) is 56.8 Å². The summed E-state index contributed by atoms with van der Waals surface area (Å²) in [7, 11) is 1.42. The predicted molar refractivity (Wildman–Crippen MR) is 61.8 cm³/mol. The summed E-state index contributed by atoms with van der Waals surface area (Å²) in [5, 5.41) is 3.30. The minimum absolute atomic E-state index is 0.221. The van der Waals surface area contributed by atoms with Crippen molar-refractivity contribution in [2.75, 3.05) is 33.5 Å². The van der Waals surface area contributed by atoms with E-state index in [1.54, 1.807) is 0 Å². The highest BCUT2D eigenvalue weighted by molar-refractivity contribution is 5.81. The van der Waals surface area contributed by atoms with Gasteiger partial charge in [0.25, 0.3) is 0 Å². The standard InChI is InChI=1S/C12H21NO4/c1-15-11(14)12(5-3-6-16-9-12)13-8-10-4-2-7-17-10/h10,13H,2-9H2,1H3. The third-order valence-corrected chi connectivity index (χ3v) is 3.51. The molecule has 0 aliphatic carbocycles. The zero-order valence-electron chi connectivity index (χ0n) is 10.4. The zero-order chi connectivity index (χ0) is 12.1. The van der Waals surface area contributed by atoms with Crippen molar-refractivity contribution in [1.82, 2.24) is 5.32 Å². The van der Waals surface area contributed by atoms with Gasteiger partial charge in [0.1, 0.15) is 5.54 Å². The molecular formula is C12H21NO4. The van der Waals surface area contributed by atoms with E-state index in [9.17, 15) is 4.79 Å². The van der Waals surface area contributed by atoms with Gasteiger partial charge in [-0.05, 0) is 25.7 Å². The lowest BCUT2D eigenvalue weighted by molar-refractivity contribution is -0.155. The quantitative estimate of drug-likeness (QED) is 0.728. The molecule has 98 valence electrons. The van der Waals surface area contributed by atoms with Crippen molar-refractivity contribution in [2.45, 2.75) is 37.3 Å². The number of hydrogen-bond acceptors (Lipinski definition) is 5. The fourth-order valence-corrected chi connectivity index (χ4v) is 2.48. The third-order valence-electron chi connectivity index (χ3n) is 3.51. The van der Waals surface area contributed by atoms with Gasteiger partial charge in [-0.3, -0.25) is 5.32 Å². The van der Waals surface area contributed by atoms with Crippen LogP contribution in [0.3, 0.4) is 0 Å². The smallest absolute Gasteiger partial charge is 0.328 e. The molecule has 2 atom stereocenters. The van der Waals surface area contributed by atoms with E-state index in [4.69, 9.17) is 14.2 Å². The van der Waals surface area contributed by atoms with Crippen molar-refractivity contribution in [1.29, 1.82) is 0 Å². The Hall–Kier alpha value is -0.650. The molecule has 1 N–H and O–H groups in total. The summed E-state index contributed by atoms with van der Waals surface area (Å²) in [4.78, 5) is 11.9. The van der Waals surface area contributed by atoms with Gasteiger partial charge in [0.2, 0.25) is 0 Å². The second-order valence-corrected chi connectivity index (χ2v) is 4.75. The van der Waals surface area contributed by atoms with Crippen LogP contribution in [-0.2, 0) is 19.0 Å². The fraction of sp³-hybridized carbons (Fsp3) is 0.917. The maximum atomic E-state index is 11.9. The number of hydrogen-bond donors (Lipinski definition) is 1. The summed E-state index contributed by atoms with van der Waals surface area (Å²) in [6, 6.07) is 0. The molecule has 2 saturated heterocycles. The number of carbonyl (C=O) groups excluding carboxylic acids is 1. The van der Waals surface area contributed by atoms with E-state index >= 15 is 0 Å². The second kappa shape index (κ2) is 5.80. The molecule has 0 aromatic carbocycles. The monoisotopic (exact) mass is 243 g/mol.